The number of carbonyl (C=O) groups is 3. The molecule has 0 aliphatic heterocycles. The Balaban J connectivity index is 2.38. The van der Waals surface area contributed by atoms with E-state index in [0.717, 1.165) is 0 Å². The summed E-state index contributed by atoms with van der Waals surface area (Å²) in [5, 5.41) is 4.58. The number of hydrogen-bond acceptors (Lipinski definition) is 4. The monoisotopic (exact) mass is 344 g/mol. The van der Waals surface area contributed by atoms with E-state index in [1.54, 1.807) is 0 Å². The van der Waals surface area contributed by atoms with Crippen LogP contribution in [0.25, 0.3) is 0 Å². The molecule has 1 rings (SSSR count). The molecule has 0 unspecified atom stereocenters. The molecule has 23 heavy (non-hydrogen) atoms. The minimum atomic E-state index is -0.824. The summed E-state index contributed by atoms with van der Waals surface area (Å²) in [7, 11) is 0. The zero-order chi connectivity index (χ0) is 17.4. The normalized spacial score (nSPS) is 10.3. The molecule has 0 saturated heterocycles. The number of rotatable bonds is 6. The summed E-state index contributed by atoms with van der Waals surface area (Å²) in [6.07, 6.45) is -0.404. The zero-order valence-electron chi connectivity index (χ0n) is 12.8. The number of benzene rings is 1. The summed E-state index contributed by atoms with van der Waals surface area (Å²) in [5.74, 6) is -2.00. The molecule has 0 aromatic heterocycles. The van der Waals surface area contributed by atoms with Gasteiger partial charge >= 0.3 is 12.0 Å². The van der Waals surface area contributed by atoms with Gasteiger partial charge in [0.25, 0.3) is 5.91 Å². The highest BCUT2D eigenvalue weighted by atomic mass is 35.5. The van der Waals surface area contributed by atoms with Crippen LogP contribution in [0.4, 0.5) is 9.18 Å². The van der Waals surface area contributed by atoms with Gasteiger partial charge in [0.1, 0.15) is 5.82 Å². The van der Waals surface area contributed by atoms with Crippen LogP contribution in [0.1, 0.15) is 19.4 Å². The summed E-state index contributed by atoms with van der Waals surface area (Å²) in [4.78, 5) is 34.4. The van der Waals surface area contributed by atoms with Crippen molar-refractivity contribution in [3.63, 3.8) is 0 Å². The van der Waals surface area contributed by atoms with Gasteiger partial charge < -0.3 is 10.1 Å². The van der Waals surface area contributed by atoms with Crippen molar-refractivity contribution in [3.8, 4) is 0 Å². The number of amides is 3. The van der Waals surface area contributed by atoms with E-state index in [9.17, 15) is 18.8 Å². The van der Waals surface area contributed by atoms with Gasteiger partial charge in [0.2, 0.25) is 0 Å². The van der Waals surface area contributed by atoms with E-state index in [2.05, 4.69) is 10.1 Å². The number of esters is 1. The summed E-state index contributed by atoms with van der Waals surface area (Å²) in [5.41, 5.74) is -0.00532. The molecule has 0 heterocycles. The van der Waals surface area contributed by atoms with E-state index >= 15 is 0 Å². The standard InChI is InChI=1S/C15H18ClFN2O4/c1-9(2)7-18-15(22)19-13(20)8-23-14(21)6-10-11(16)4-3-5-12(10)17/h3-5,9H,6-8H2,1-2H3,(H2,18,19,20,22). The molecular formula is C15H18ClFN2O4. The van der Waals surface area contributed by atoms with Crippen LogP contribution in [0.15, 0.2) is 18.2 Å². The Hall–Kier alpha value is -2.15. The molecule has 0 saturated carbocycles. The van der Waals surface area contributed by atoms with Crippen LogP contribution in [0, 0.1) is 11.7 Å². The number of ether oxygens (including phenoxy) is 1. The molecule has 0 bridgehead atoms. The highest BCUT2D eigenvalue weighted by Crippen LogP contribution is 2.19. The van der Waals surface area contributed by atoms with Crippen molar-refractivity contribution in [1.29, 1.82) is 0 Å². The van der Waals surface area contributed by atoms with Crippen molar-refractivity contribution in [2.45, 2.75) is 20.3 Å². The van der Waals surface area contributed by atoms with Crippen molar-refractivity contribution in [1.82, 2.24) is 10.6 Å². The Morgan fingerprint density at radius 1 is 1.30 bits per heavy atom. The molecule has 8 heteroatoms. The van der Waals surface area contributed by atoms with Gasteiger partial charge in [0, 0.05) is 17.1 Å². The molecule has 0 radical (unpaired) electrons. The molecule has 0 spiro atoms. The van der Waals surface area contributed by atoms with Gasteiger partial charge in [-0.05, 0) is 18.1 Å². The summed E-state index contributed by atoms with van der Waals surface area (Å²) >= 11 is 5.79. The molecule has 2 N–H and O–H groups in total. The van der Waals surface area contributed by atoms with Crippen LogP contribution in [0.3, 0.4) is 0 Å². The van der Waals surface area contributed by atoms with Gasteiger partial charge in [0.05, 0.1) is 6.42 Å². The molecule has 0 atom stereocenters. The average Bonchev–Trinajstić information content (AvgIpc) is 2.47. The smallest absolute Gasteiger partial charge is 0.321 e. The van der Waals surface area contributed by atoms with E-state index < -0.39 is 36.8 Å². The lowest BCUT2D eigenvalue weighted by Crippen LogP contribution is -2.42. The third kappa shape index (κ3) is 7.10. The number of nitrogens with one attached hydrogen (secondary N) is 2. The van der Waals surface area contributed by atoms with Crippen LogP contribution in [-0.4, -0.2) is 31.1 Å². The quantitative estimate of drug-likeness (QED) is 0.773. The lowest BCUT2D eigenvalue weighted by molar-refractivity contribution is -0.147. The minimum absolute atomic E-state index is 0.00532. The van der Waals surface area contributed by atoms with Crippen LogP contribution in [0.2, 0.25) is 5.02 Å². The topological polar surface area (TPSA) is 84.5 Å². The fraction of sp³-hybridized carbons (Fsp3) is 0.400. The first-order valence-corrected chi connectivity index (χ1v) is 7.33. The van der Waals surface area contributed by atoms with Crippen molar-refractivity contribution in [2.75, 3.05) is 13.2 Å². The van der Waals surface area contributed by atoms with Crippen LogP contribution < -0.4 is 10.6 Å². The van der Waals surface area contributed by atoms with Gasteiger partial charge in [-0.3, -0.25) is 14.9 Å². The molecule has 126 valence electrons. The first kappa shape index (κ1) is 18.9. The van der Waals surface area contributed by atoms with Crippen molar-refractivity contribution >= 4 is 29.5 Å². The summed E-state index contributed by atoms with van der Waals surface area (Å²) in [6.45, 7) is 3.57. The van der Waals surface area contributed by atoms with Gasteiger partial charge in [-0.1, -0.05) is 31.5 Å². The maximum Gasteiger partial charge on any atom is 0.321 e. The fourth-order valence-corrected chi connectivity index (χ4v) is 1.78. The second-order valence-electron chi connectivity index (χ2n) is 5.19. The lowest BCUT2D eigenvalue weighted by Gasteiger charge is -2.09. The molecule has 0 aliphatic rings. The largest absolute Gasteiger partial charge is 0.455 e. The van der Waals surface area contributed by atoms with Crippen molar-refractivity contribution < 1.29 is 23.5 Å². The Bertz CT molecular complexity index is 573. The maximum absolute atomic E-state index is 13.5. The number of imide groups is 1. The second kappa shape index (κ2) is 9.09. The molecule has 0 aliphatic carbocycles. The van der Waals surface area contributed by atoms with E-state index in [1.165, 1.54) is 18.2 Å². The third-order valence-corrected chi connectivity index (χ3v) is 3.02. The number of urea groups is 1. The fourth-order valence-electron chi connectivity index (χ4n) is 1.55. The zero-order valence-corrected chi connectivity index (χ0v) is 13.6. The van der Waals surface area contributed by atoms with Crippen LogP contribution in [0.5, 0.6) is 0 Å². The highest BCUT2D eigenvalue weighted by molar-refractivity contribution is 6.31. The highest BCUT2D eigenvalue weighted by Gasteiger charge is 2.15. The van der Waals surface area contributed by atoms with Crippen molar-refractivity contribution in [2.24, 2.45) is 5.92 Å². The van der Waals surface area contributed by atoms with E-state index in [1.807, 2.05) is 19.2 Å². The second-order valence-corrected chi connectivity index (χ2v) is 5.60. The van der Waals surface area contributed by atoms with E-state index in [0.29, 0.717) is 6.54 Å². The van der Waals surface area contributed by atoms with Crippen LogP contribution >= 0.6 is 11.6 Å². The van der Waals surface area contributed by atoms with E-state index in [-0.39, 0.29) is 16.5 Å². The molecule has 1 aromatic rings. The molecule has 0 fully saturated rings. The van der Waals surface area contributed by atoms with Gasteiger partial charge in [-0.2, -0.15) is 0 Å². The van der Waals surface area contributed by atoms with Crippen LogP contribution in [-0.2, 0) is 20.7 Å². The Kier molecular flexibility index (Phi) is 7.47. The number of halogens is 2. The summed E-state index contributed by atoms with van der Waals surface area (Å²) < 4.78 is 18.2. The average molecular weight is 345 g/mol. The molecular weight excluding hydrogens is 327 g/mol. The third-order valence-electron chi connectivity index (χ3n) is 2.67. The Morgan fingerprint density at radius 3 is 2.61 bits per heavy atom. The Labute approximate surface area is 138 Å². The molecule has 1 aromatic carbocycles. The van der Waals surface area contributed by atoms with Crippen molar-refractivity contribution in [3.05, 3.63) is 34.6 Å². The van der Waals surface area contributed by atoms with E-state index in [4.69, 9.17) is 11.6 Å². The van der Waals surface area contributed by atoms with Gasteiger partial charge in [-0.15, -0.1) is 0 Å². The predicted octanol–water partition coefficient (Wildman–Crippen LogP) is 2.05. The predicted molar refractivity (Wildman–Crippen MR) is 82.5 cm³/mol. The van der Waals surface area contributed by atoms with Gasteiger partial charge in [-0.25, -0.2) is 9.18 Å². The lowest BCUT2D eigenvalue weighted by atomic mass is 10.1. The number of carbonyl (C=O) groups excluding carboxylic acids is 3. The number of hydrogen-bond donors (Lipinski definition) is 2. The SMILES string of the molecule is CC(C)CNC(=O)NC(=O)COC(=O)Cc1c(F)cccc1Cl. The first-order chi connectivity index (χ1) is 10.8. The molecule has 3 amide bonds. The molecule has 6 nitrogen and oxygen atoms in total. The first-order valence-electron chi connectivity index (χ1n) is 6.95. The minimum Gasteiger partial charge on any atom is -0.455 e. The van der Waals surface area contributed by atoms with Gasteiger partial charge in [0.15, 0.2) is 6.61 Å². The Morgan fingerprint density at radius 2 is 2.00 bits per heavy atom. The maximum atomic E-state index is 13.5. The summed E-state index contributed by atoms with van der Waals surface area (Å²) in [6, 6.07) is 3.35.